The molecule has 2 nitrogen and oxygen atoms in total. The van der Waals surface area contributed by atoms with Crippen LogP contribution in [-0.4, -0.2) is 10.2 Å². The minimum absolute atomic E-state index is 0.135. The van der Waals surface area contributed by atoms with Crippen LogP contribution in [0.5, 0.6) is 11.5 Å². The van der Waals surface area contributed by atoms with Gasteiger partial charge in [-0.25, -0.2) is 0 Å². The highest BCUT2D eigenvalue weighted by molar-refractivity contribution is 5.40. The van der Waals surface area contributed by atoms with Gasteiger partial charge < -0.3 is 10.2 Å². The lowest BCUT2D eigenvalue weighted by Gasteiger charge is -2.08. The van der Waals surface area contributed by atoms with Gasteiger partial charge in [-0.1, -0.05) is 12.2 Å². The van der Waals surface area contributed by atoms with E-state index in [0.717, 1.165) is 18.4 Å². The molecule has 68 valence electrons. The number of allylic oxidation sites excluding steroid dienone is 2. The Morgan fingerprint density at radius 2 is 1.77 bits per heavy atom. The van der Waals surface area contributed by atoms with Crippen molar-refractivity contribution in [2.45, 2.75) is 18.8 Å². The lowest BCUT2D eigenvalue weighted by molar-refractivity contribution is 0.448. The minimum atomic E-state index is 0.135. The Balaban J connectivity index is 2.34. The summed E-state index contributed by atoms with van der Waals surface area (Å²) in [6, 6.07) is 4.77. The maximum atomic E-state index is 9.27. The van der Waals surface area contributed by atoms with E-state index in [4.69, 9.17) is 0 Å². The second-order valence-electron chi connectivity index (χ2n) is 3.39. The lowest BCUT2D eigenvalue weighted by Crippen LogP contribution is -1.89. The molecular formula is C11H12O2. The van der Waals surface area contributed by atoms with Crippen molar-refractivity contribution in [3.63, 3.8) is 0 Å². The Bertz CT molecular complexity index is 322. The first-order valence-electron chi connectivity index (χ1n) is 4.45. The molecule has 0 heterocycles. The molecule has 1 aliphatic rings. The van der Waals surface area contributed by atoms with E-state index in [1.807, 2.05) is 0 Å². The molecule has 0 saturated carbocycles. The Kier molecular flexibility index (Phi) is 1.97. The summed E-state index contributed by atoms with van der Waals surface area (Å²) in [7, 11) is 0. The fourth-order valence-electron chi connectivity index (χ4n) is 1.74. The molecule has 1 unspecified atom stereocenters. The van der Waals surface area contributed by atoms with Crippen molar-refractivity contribution in [1.29, 1.82) is 0 Å². The molecule has 0 bridgehead atoms. The SMILES string of the molecule is Oc1cc(O)cc(C2C=CCC2)c1. The maximum absolute atomic E-state index is 9.27. The van der Waals surface area contributed by atoms with Crippen molar-refractivity contribution >= 4 is 0 Å². The van der Waals surface area contributed by atoms with Crippen molar-refractivity contribution < 1.29 is 10.2 Å². The van der Waals surface area contributed by atoms with Gasteiger partial charge in [-0.15, -0.1) is 0 Å². The molecule has 0 spiro atoms. The van der Waals surface area contributed by atoms with Gasteiger partial charge in [-0.05, 0) is 30.5 Å². The highest BCUT2D eigenvalue weighted by Gasteiger charge is 2.12. The van der Waals surface area contributed by atoms with Crippen molar-refractivity contribution in [3.05, 3.63) is 35.9 Å². The van der Waals surface area contributed by atoms with Crippen molar-refractivity contribution in [2.24, 2.45) is 0 Å². The average molecular weight is 176 g/mol. The molecule has 0 fully saturated rings. The molecule has 0 amide bonds. The van der Waals surface area contributed by atoms with Crippen molar-refractivity contribution in [3.8, 4) is 11.5 Å². The highest BCUT2D eigenvalue weighted by Crippen LogP contribution is 2.32. The molecule has 1 aromatic rings. The van der Waals surface area contributed by atoms with Crippen LogP contribution in [-0.2, 0) is 0 Å². The second kappa shape index (κ2) is 3.13. The summed E-state index contributed by atoms with van der Waals surface area (Å²) < 4.78 is 0. The van der Waals surface area contributed by atoms with E-state index >= 15 is 0 Å². The van der Waals surface area contributed by atoms with E-state index in [0.29, 0.717) is 5.92 Å². The monoisotopic (exact) mass is 176 g/mol. The van der Waals surface area contributed by atoms with E-state index in [2.05, 4.69) is 12.2 Å². The normalized spacial score (nSPS) is 20.8. The fourth-order valence-corrected chi connectivity index (χ4v) is 1.74. The van der Waals surface area contributed by atoms with Gasteiger partial charge in [0.25, 0.3) is 0 Å². The van der Waals surface area contributed by atoms with Gasteiger partial charge in [-0.2, -0.15) is 0 Å². The zero-order valence-corrected chi connectivity index (χ0v) is 7.27. The summed E-state index contributed by atoms with van der Waals surface area (Å²) in [5, 5.41) is 18.5. The molecule has 13 heavy (non-hydrogen) atoms. The van der Waals surface area contributed by atoms with Gasteiger partial charge in [-0.3, -0.25) is 0 Å². The van der Waals surface area contributed by atoms with Crippen LogP contribution in [0.2, 0.25) is 0 Å². The first kappa shape index (κ1) is 8.17. The smallest absolute Gasteiger partial charge is 0.119 e. The predicted molar refractivity (Wildman–Crippen MR) is 50.9 cm³/mol. The van der Waals surface area contributed by atoms with Gasteiger partial charge in [0.15, 0.2) is 0 Å². The first-order valence-corrected chi connectivity index (χ1v) is 4.45. The number of phenols is 2. The highest BCUT2D eigenvalue weighted by atomic mass is 16.3. The van der Waals surface area contributed by atoms with Crippen LogP contribution < -0.4 is 0 Å². The van der Waals surface area contributed by atoms with E-state index in [1.165, 1.54) is 6.07 Å². The molecule has 0 radical (unpaired) electrons. The van der Waals surface area contributed by atoms with Gasteiger partial charge in [0.1, 0.15) is 11.5 Å². The second-order valence-corrected chi connectivity index (χ2v) is 3.39. The van der Waals surface area contributed by atoms with Crippen molar-refractivity contribution in [2.75, 3.05) is 0 Å². The molecule has 1 aliphatic carbocycles. The first-order chi connectivity index (χ1) is 6.25. The number of hydrogen-bond acceptors (Lipinski definition) is 2. The predicted octanol–water partition coefficient (Wildman–Crippen LogP) is 2.53. The van der Waals surface area contributed by atoms with Gasteiger partial charge in [0.2, 0.25) is 0 Å². The van der Waals surface area contributed by atoms with Gasteiger partial charge in [0, 0.05) is 12.0 Å². The van der Waals surface area contributed by atoms with Crippen LogP contribution >= 0.6 is 0 Å². The lowest BCUT2D eigenvalue weighted by atomic mass is 9.98. The summed E-state index contributed by atoms with van der Waals surface area (Å²) in [5.41, 5.74) is 0.992. The summed E-state index contributed by atoms with van der Waals surface area (Å²) in [6.45, 7) is 0. The quantitative estimate of drug-likeness (QED) is 0.645. The van der Waals surface area contributed by atoms with Crippen LogP contribution in [0.1, 0.15) is 24.3 Å². The van der Waals surface area contributed by atoms with Crippen LogP contribution in [0.15, 0.2) is 30.4 Å². The molecule has 2 heteroatoms. The van der Waals surface area contributed by atoms with Crippen LogP contribution in [0.3, 0.4) is 0 Å². The molecule has 2 N–H and O–H groups in total. The van der Waals surface area contributed by atoms with Crippen LogP contribution in [0.4, 0.5) is 0 Å². The molecule has 0 aliphatic heterocycles. The molecular weight excluding hydrogens is 164 g/mol. The van der Waals surface area contributed by atoms with Crippen molar-refractivity contribution in [1.82, 2.24) is 0 Å². The van der Waals surface area contributed by atoms with Gasteiger partial charge in [0.05, 0.1) is 0 Å². The third-order valence-electron chi connectivity index (χ3n) is 2.37. The van der Waals surface area contributed by atoms with Gasteiger partial charge >= 0.3 is 0 Å². The number of phenolic OH excluding ortho intramolecular Hbond substituents is 2. The molecule has 2 rings (SSSR count). The Labute approximate surface area is 77.1 Å². The van der Waals surface area contributed by atoms with E-state index in [1.54, 1.807) is 12.1 Å². The Hall–Kier alpha value is -1.44. The molecule has 0 aromatic heterocycles. The number of aromatic hydroxyl groups is 2. The van der Waals surface area contributed by atoms with E-state index in [-0.39, 0.29) is 11.5 Å². The van der Waals surface area contributed by atoms with Crippen LogP contribution in [0, 0.1) is 0 Å². The number of benzene rings is 1. The maximum Gasteiger partial charge on any atom is 0.119 e. The van der Waals surface area contributed by atoms with E-state index < -0.39 is 0 Å². The zero-order chi connectivity index (χ0) is 9.26. The standard InChI is InChI=1S/C11H12O2/c12-10-5-9(6-11(13)7-10)8-3-1-2-4-8/h1,3,5-8,12-13H,2,4H2. The third-order valence-corrected chi connectivity index (χ3v) is 2.37. The number of rotatable bonds is 1. The summed E-state index contributed by atoms with van der Waals surface area (Å²) in [5.74, 6) is 0.628. The summed E-state index contributed by atoms with van der Waals surface area (Å²) in [6.07, 6.45) is 6.41. The topological polar surface area (TPSA) is 40.5 Å². The zero-order valence-electron chi connectivity index (χ0n) is 7.27. The molecule has 1 atom stereocenters. The largest absolute Gasteiger partial charge is 0.508 e. The fraction of sp³-hybridized carbons (Fsp3) is 0.273. The average Bonchev–Trinajstić information content (AvgIpc) is 2.53. The van der Waals surface area contributed by atoms with Crippen LogP contribution in [0.25, 0.3) is 0 Å². The summed E-state index contributed by atoms with van der Waals surface area (Å²) in [4.78, 5) is 0. The minimum Gasteiger partial charge on any atom is -0.508 e. The third kappa shape index (κ3) is 1.66. The summed E-state index contributed by atoms with van der Waals surface area (Å²) >= 11 is 0. The Morgan fingerprint density at radius 1 is 1.08 bits per heavy atom. The number of hydrogen-bond donors (Lipinski definition) is 2. The van der Waals surface area contributed by atoms with E-state index in [9.17, 15) is 10.2 Å². The Morgan fingerprint density at radius 3 is 2.31 bits per heavy atom. The molecule has 1 aromatic carbocycles. The molecule has 0 saturated heterocycles.